The van der Waals surface area contributed by atoms with Gasteiger partial charge in [0.15, 0.2) is 5.82 Å². The van der Waals surface area contributed by atoms with Gasteiger partial charge in [0.1, 0.15) is 5.76 Å². The van der Waals surface area contributed by atoms with Crippen LogP contribution in [0.25, 0.3) is 0 Å². The Hall–Kier alpha value is -2.35. The van der Waals surface area contributed by atoms with Crippen LogP contribution in [-0.4, -0.2) is 45.4 Å². The minimum atomic E-state index is -0.297. The monoisotopic (exact) mass is 347 g/mol. The molecule has 1 aliphatic rings. The van der Waals surface area contributed by atoms with E-state index in [4.69, 9.17) is 9.26 Å². The number of hydrogen-bond acceptors (Lipinski definition) is 6. The normalized spacial score (nSPS) is 19.2. The third kappa shape index (κ3) is 3.26. The lowest BCUT2D eigenvalue weighted by Crippen LogP contribution is -2.41. The van der Waals surface area contributed by atoms with Crippen molar-refractivity contribution in [3.05, 3.63) is 23.1 Å². The van der Waals surface area contributed by atoms with E-state index in [-0.39, 0.29) is 18.0 Å². The van der Waals surface area contributed by atoms with Crippen molar-refractivity contribution in [2.45, 2.75) is 45.7 Å². The van der Waals surface area contributed by atoms with Crippen LogP contribution in [0.2, 0.25) is 0 Å². The van der Waals surface area contributed by atoms with E-state index in [9.17, 15) is 4.79 Å². The number of nitrogens with one attached hydrogen (secondary N) is 1. The van der Waals surface area contributed by atoms with E-state index in [1.807, 2.05) is 20.9 Å². The first-order valence-corrected chi connectivity index (χ1v) is 8.49. The topological polar surface area (TPSA) is 85.4 Å². The van der Waals surface area contributed by atoms with E-state index in [0.29, 0.717) is 11.6 Å². The molecule has 0 aliphatic carbocycles. The first-order valence-electron chi connectivity index (χ1n) is 8.49. The molecule has 2 aromatic heterocycles. The molecular weight excluding hydrogens is 322 g/mol. The summed E-state index contributed by atoms with van der Waals surface area (Å²) in [5.74, 6) is 1.77. The van der Waals surface area contributed by atoms with E-state index in [0.717, 1.165) is 36.5 Å². The maximum atomic E-state index is 12.6. The van der Waals surface area contributed by atoms with Gasteiger partial charge in [0.05, 0.1) is 24.4 Å². The van der Waals surface area contributed by atoms with Gasteiger partial charge in [0, 0.05) is 19.2 Å². The highest BCUT2D eigenvalue weighted by atomic mass is 16.5. The second kappa shape index (κ2) is 6.87. The lowest BCUT2D eigenvalue weighted by Gasteiger charge is -2.29. The number of aromatic nitrogens is 3. The minimum Gasteiger partial charge on any atom is -0.481 e. The molecule has 8 nitrogen and oxygen atoms in total. The Bertz CT molecular complexity index is 766. The number of hydrogen-bond donors (Lipinski definition) is 1. The molecule has 0 bridgehead atoms. The number of amides is 1. The molecule has 2 unspecified atom stereocenters. The summed E-state index contributed by atoms with van der Waals surface area (Å²) in [4.78, 5) is 14.8. The van der Waals surface area contributed by atoms with E-state index in [2.05, 4.69) is 20.5 Å². The minimum absolute atomic E-state index is 0.0966. The summed E-state index contributed by atoms with van der Waals surface area (Å²) < 4.78 is 12.3. The van der Waals surface area contributed by atoms with Crippen LogP contribution in [0.3, 0.4) is 0 Å². The van der Waals surface area contributed by atoms with Gasteiger partial charge in [-0.3, -0.25) is 9.69 Å². The zero-order chi connectivity index (χ0) is 18.1. The maximum Gasteiger partial charge on any atom is 0.242 e. The van der Waals surface area contributed by atoms with Crippen molar-refractivity contribution in [1.82, 2.24) is 19.8 Å². The van der Waals surface area contributed by atoms with E-state index < -0.39 is 0 Å². The highest BCUT2D eigenvalue weighted by Crippen LogP contribution is 2.39. The van der Waals surface area contributed by atoms with Gasteiger partial charge in [0.2, 0.25) is 11.8 Å². The molecule has 2 aromatic rings. The van der Waals surface area contributed by atoms with Crippen LogP contribution in [0.4, 0.5) is 5.82 Å². The van der Waals surface area contributed by atoms with Crippen LogP contribution >= 0.6 is 0 Å². The van der Waals surface area contributed by atoms with Gasteiger partial charge in [-0.25, -0.2) is 4.68 Å². The predicted molar refractivity (Wildman–Crippen MR) is 92.5 cm³/mol. The summed E-state index contributed by atoms with van der Waals surface area (Å²) >= 11 is 0. The molecule has 0 saturated carbocycles. The summed E-state index contributed by atoms with van der Waals surface area (Å²) in [5, 5.41) is 11.1. The van der Waals surface area contributed by atoms with Gasteiger partial charge < -0.3 is 14.6 Å². The first-order chi connectivity index (χ1) is 11.9. The van der Waals surface area contributed by atoms with Gasteiger partial charge in [-0.15, -0.1) is 0 Å². The highest BCUT2D eigenvalue weighted by Gasteiger charge is 2.37. The van der Waals surface area contributed by atoms with Crippen LogP contribution in [0.5, 0.6) is 5.88 Å². The average molecular weight is 347 g/mol. The SMILES string of the molecule is COc1c(C2CCCN2C(C)C(=O)Nc2cc(C)on2)c(C)nn1C. The maximum absolute atomic E-state index is 12.6. The van der Waals surface area contributed by atoms with Crippen molar-refractivity contribution in [3.8, 4) is 5.88 Å². The van der Waals surface area contributed by atoms with Crippen molar-refractivity contribution >= 4 is 11.7 Å². The number of methoxy groups -OCH3 is 1. The van der Waals surface area contributed by atoms with Crippen molar-refractivity contribution in [3.63, 3.8) is 0 Å². The number of nitrogens with zero attached hydrogens (tertiary/aromatic N) is 4. The van der Waals surface area contributed by atoms with Crippen LogP contribution in [0, 0.1) is 13.8 Å². The van der Waals surface area contributed by atoms with Gasteiger partial charge in [-0.2, -0.15) is 5.10 Å². The number of carbonyl (C=O) groups is 1. The molecule has 0 aromatic carbocycles. The van der Waals surface area contributed by atoms with E-state index in [1.54, 1.807) is 24.8 Å². The van der Waals surface area contributed by atoms with Crippen LogP contribution in [-0.2, 0) is 11.8 Å². The number of anilines is 1. The molecular formula is C17H25N5O3. The zero-order valence-corrected chi connectivity index (χ0v) is 15.4. The Kier molecular flexibility index (Phi) is 4.80. The molecule has 3 rings (SSSR count). The van der Waals surface area contributed by atoms with Gasteiger partial charge >= 0.3 is 0 Å². The quantitative estimate of drug-likeness (QED) is 0.892. The van der Waals surface area contributed by atoms with Gasteiger partial charge in [0.25, 0.3) is 0 Å². The Morgan fingerprint density at radius 1 is 1.48 bits per heavy atom. The van der Waals surface area contributed by atoms with Crippen LogP contribution in [0.15, 0.2) is 10.6 Å². The number of ether oxygens (including phenoxy) is 1. The van der Waals surface area contributed by atoms with Gasteiger partial charge in [-0.05, 0) is 40.2 Å². The second-order valence-corrected chi connectivity index (χ2v) is 6.52. The fraction of sp³-hybridized carbons (Fsp3) is 0.588. The lowest BCUT2D eigenvalue weighted by atomic mass is 10.0. The predicted octanol–water partition coefficient (Wildman–Crippen LogP) is 2.20. The third-order valence-corrected chi connectivity index (χ3v) is 4.79. The smallest absolute Gasteiger partial charge is 0.242 e. The zero-order valence-electron chi connectivity index (χ0n) is 15.4. The molecule has 1 fully saturated rings. The van der Waals surface area contributed by atoms with E-state index >= 15 is 0 Å². The van der Waals surface area contributed by atoms with Crippen molar-refractivity contribution < 1.29 is 14.1 Å². The number of likely N-dealkylation sites (tertiary alicyclic amines) is 1. The Morgan fingerprint density at radius 3 is 2.88 bits per heavy atom. The summed E-state index contributed by atoms with van der Waals surface area (Å²) in [7, 11) is 3.53. The average Bonchev–Trinajstić information content (AvgIpc) is 3.25. The fourth-order valence-electron chi connectivity index (χ4n) is 3.65. The highest BCUT2D eigenvalue weighted by molar-refractivity contribution is 5.93. The molecule has 8 heteroatoms. The van der Waals surface area contributed by atoms with E-state index in [1.165, 1.54) is 0 Å². The van der Waals surface area contributed by atoms with Crippen molar-refractivity contribution in [1.29, 1.82) is 0 Å². The summed E-state index contributed by atoms with van der Waals surface area (Å²) in [5.41, 5.74) is 2.01. The molecule has 136 valence electrons. The molecule has 1 aliphatic heterocycles. The van der Waals surface area contributed by atoms with Crippen LogP contribution < -0.4 is 10.1 Å². The molecule has 2 atom stereocenters. The first kappa shape index (κ1) is 17.5. The van der Waals surface area contributed by atoms with Gasteiger partial charge in [-0.1, -0.05) is 5.16 Å². The fourth-order valence-corrected chi connectivity index (χ4v) is 3.65. The Morgan fingerprint density at radius 2 is 2.24 bits per heavy atom. The van der Waals surface area contributed by atoms with Crippen molar-refractivity contribution in [2.75, 3.05) is 19.0 Å². The summed E-state index contributed by atoms with van der Waals surface area (Å²) in [6, 6.07) is 1.53. The molecule has 3 heterocycles. The molecule has 0 spiro atoms. The van der Waals surface area contributed by atoms with Crippen molar-refractivity contribution in [2.24, 2.45) is 7.05 Å². The molecule has 1 saturated heterocycles. The Labute approximate surface area is 147 Å². The molecule has 0 radical (unpaired) electrons. The Balaban J connectivity index is 1.80. The lowest BCUT2D eigenvalue weighted by molar-refractivity contribution is -0.121. The number of aryl methyl sites for hydroxylation is 3. The third-order valence-electron chi connectivity index (χ3n) is 4.79. The summed E-state index contributed by atoms with van der Waals surface area (Å²) in [6.07, 6.45) is 2.01. The molecule has 25 heavy (non-hydrogen) atoms. The number of rotatable bonds is 5. The molecule has 1 amide bonds. The van der Waals surface area contributed by atoms with Crippen LogP contribution in [0.1, 0.15) is 42.8 Å². The molecule has 1 N–H and O–H groups in total. The summed E-state index contributed by atoms with van der Waals surface area (Å²) in [6.45, 7) is 6.55. The largest absolute Gasteiger partial charge is 0.481 e. The standard InChI is InChI=1S/C17H25N5O3/c1-10-9-14(20-25-10)18-16(23)12(3)22-8-6-7-13(22)15-11(2)19-21(4)17(15)24-5/h9,12-13H,6-8H2,1-5H3,(H,18,20,23). The second-order valence-electron chi connectivity index (χ2n) is 6.52. The number of carbonyl (C=O) groups excluding carboxylic acids is 1.